The molecule has 1 aromatic heterocycles. The number of hydrogen-bond donors (Lipinski definition) is 2. The highest BCUT2D eigenvalue weighted by molar-refractivity contribution is 5.30. The lowest BCUT2D eigenvalue weighted by Gasteiger charge is -2.09. The van der Waals surface area contributed by atoms with Crippen LogP contribution in [0.3, 0.4) is 0 Å². The van der Waals surface area contributed by atoms with Crippen LogP contribution in [-0.4, -0.2) is 14.8 Å². The van der Waals surface area contributed by atoms with Crippen LogP contribution in [0.2, 0.25) is 0 Å². The molecule has 0 bridgehead atoms. The smallest absolute Gasteiger partial charge is 0.238 e. The molecule has 0 saturated carbocycles. The highest BCUT2D eigenvalue weighted by Crippen LogP contribution is 2.19. The fourth-order valence-corrected chi connectivity index (χ4v) is 2.86. The van der Waals surface area contributed by atoms with Crippen LogP contribution in [-0.2, 0) is 6.54 Å². The van der Waals surface area contributed by atoms with Crippen molar-refractivity contribution in [3.8, 4) is 11.6 Å². The first-order chi connectivity index (χ1) is 11.2. The zero-order chi connectivity index (χ0) is 16.9. The predicted octanol–water partition coefficient (Wildman–Crippen LogP) is 4.96. The monoisotopic (exact) mass is 323 g/mol. The number of aromatic nitrogens is 1. The van der Waals surface area contributed by atoms with Gasteiger partial charge in [0.05, 0.1) is 0 Å². The Balaban J connectivity index is 1.98. The average molecular weight is 323 g/mol. The topological polar surface area (TPSA) is 62.5 Å². The molecule has 2 N–H and O–H groups in total. The van der Waals surface area contributed by atoms with Crippen LogP contribution in [0.5, 0.6) is 11.6 Å². The minimum absolute atomic E-state index is 0.319. The number of unbranched alkanes of at least 4 members (excludes halogenated alkanes) is 11. The normalized spacial score (nSPS) is 11.0. The van der Waals surface area contributed by atoms with E-state index in [2.05, 4.69) is 6.92 Å². The second-order valence-electron chi connectivity index (χ2n) is 6.43. The maximum Gasteiger partial charge on any atom is 0.238 e. The SMILES string of the molecule is CCCCCCCCCCCCCCn1ccc(=O)c(O)c1O. The van der Waals surface area contributed by atoms with Gasteiger partial charge in [-0.25, -0.2) is 0 Å². The van der Waals surface area contributed by atoms with E-state index < -0.39 is 11.2 Å². The Morgan fingerprint density at radius 3 is 1.83 bits per heavy atom. The molecule has 132 valence electrons. The summed E-state index contributed by atoms with van der Waals surface area (Å²) < 4.78 is 1.53. The van der Waals surface area contributed by atoms with Gasteiger partial charge in [-0.3, -0.25) is 4.79 Å². The lowest BCUT2D eigenvalue weighted by atomic mass is 10.1. The molecular weight excluding hydrogens is 290 g/mol. The number of aryl methyl sites for hydroxylation is 1. The van der Waals surface area contributed by atoms with Gasteiger partial charge in [-0.05, 0) is 6.42 Å². The molecule has 0 spiro atoms. The van der Waals surface area contributed by atoms with E-state index in [0.29, 0.717) is 6.54 Å². The first kappa shape index (κ1) is 19.6. The third-order valence-electron chi connectivity index (χ3n) is 4.38. The van der Waals surface area contributed by atoms with E-state index in [0.717, 1.165) is 12.8 Å². The van der Waals surface area contributed by atoms with E-state index in [1.807, 2.05) is 0 Å². The minimum Gasteiger partial charge on any atom is -0.500 e. The number of nitrogens with zero attached hydrogens (tertiary/aromatic N) is 1. The van der Waals surface area contributed by atoms with Crippen molar-refractivity contribution in [3.05, 3.63) is 22.5 Å². The van der Waals surface area contributed by atoms with Gasteiger partial charge in [-0.1, -0.05) is 77.6 Å². The third kappa shape index (κ3) is 8.10. The number of pyridine rings is 1. The summed E-state index contributed by atoms with van der Waals surface area (Å²) >= 11 is 0. The van der Waals surface area contributed by atoms with E-state index in [4.69, 9.17) is 0 Å². The van der Waals surface area contributed by atoms with Gasteiger partial charge in [0, 0.05) is 18.8 Å². The van der Waals surface area contributed by atoms with Crippen molar-refractivity contribution in [2.75, 3.05) is 0 Å². The lowest BCUT2D eigenvalue weighted by molar-refractivity contribution is 0.354. The van der Waals surface area contributed by atoms with Crippen molar-refractivity contribution in [1.82, 2.24) is 4.57 Å². The van der Waals surface area contributed by atoms with Gasteiger partial charge < -0.3 is 14.8 Å². The highest BCUT2D eigenvalue weighted by atomic mass is 16.3. The number of aromatic hydroxyl groups is 2. The number of hydrogen-bond acceptors (Lipinski definition) is 3. The van der Waals surface area contributed by atoms with Crippen molar-refractivity contribution in [1.29, 1.82) is 0 Å². The van der Waals surface area contributed by atoms with Crippen LogP contribution in [0.1, 0.15) is 84.0 Å². The molecule has 0 aromatic carbocycles. The number of rotatable bonds is 13. The van der Waals surface area contributed by atoms with E-state index in [1.165, 1.54) is 81.0 Å². The van der Waals surface area contributed by atoms with Crippen molar-refractivity contribution < 1.29 is 10.2 Å². The fourth-order valence-electron chi connectivity index (χ4n) is 2.86. The largest absolute Gasteiger partial charge is 0.500 e. The maximum atomic E-state index is 11.1. The first-order valence-corrected chi connectivity index (χ1v) is 9.28. The molecule has 4 heteroatoms. The van der Waals surface area contributed by atoms with Gasteiger partial charge in [0.25, 0.3) is 0 Å². The standard InChI is InChI=1S/C19H33NO3/c1-2-3-4-5-6-7-8-9-10-11-12-13-15-20-16-14-17(21)18(22)19(20)23/h14,16,22-23H,2-13,15H2,1H3. The molecule has 0 aliphatic carbocycles. The molecule has 0 saturated heterocycles. The summed E-state index contributed by atoms with van der Waals surface area (Å²) in [6.07, 6.45) is 17.0. The summed E-state index contributed by atoms with van der Waals surface area (Å²) in [6, 6.07) is 1.29. The molecule has 0 aliphatic heterocycles. The summed E-state index contributed by atoms with van der Waals surface area (Å²) in [6.45, 7) is 2.89. The summed E-state index contributed by atoms with van der Waals surface area (Å²) in [7, 11) is 0. The predicted molar refractivity (Wildman–Crippen MR) is 95.1 cm³/mol. The minimum atomic E-state index is -0.550. The molecule has 23 heavy (non-hydrogen) atoms. The average Bonchev–Trinajstić information content (AvgIpc) is 2.55. The molecule has 0 fully saturated rings. The quantitative estimate of drug-likeness (QED) is 0.504. The summed E-state index contributed by atoms with van der Waals surface area (Å²) in [5.74, 6) is -0.869. The van der Waals surface area contributed by atoms with Gasteiger partial charge in [-0.15, -0.1) is 0 Å². The van der Waals surface area contributed by atoms with Crippen molar-refractivity contribution >= 4 is 0 Å². The van der Waals surface area contributed by atoms with E-state index >= 15 is 0 Å². The Labute approximate surface area is 140 Å². The fraction of sp³-hybridized carbons (Fsp3) is 0.737. The van der Waals surface area contributed by atoms with E-state index in [-0.39, 0.29) is 5.88 Å². The van der Waals surface area contributed by atoms with Crippen LogP contribution in [0.25, 0.3) is 0 Å². The lowest BCUT2D eigenvalue weighted by Crippen LogP contribution is -2.06. The Morgan fingerprint density at radius 1 is 0.826 bits per heavy atom. The van der Waals surface area contributed by atoms with Crippen LogP contribution >= 0.6 is 0 Å². The van der Waals surface area contributed by atoms with Crippen LogP contribution in [0.4, 0.5) is 0 Å². The van der Waals surface area contributed by atoms with Crippen molar-refractivity contribution in [3.63, 3.8) is 0 Å². The van der Waals surface area contributed by atoms with E-state index in [1.54, 1.807) is 0 Å². The zero-order valence-electron chi connectivity index (χ0n) is 14.6. The zero-order valence-corrected chi connectivity index (χ0v) is 14.6. The van der Waals surface area contributed by atoms with Gasteiger partial charge in [0.1, 0.15) is 0 Å². The van der Waals surface area contributed by atoms with Crippen LogP contribution in [0.15, 0.2) is 17.1 Å². The molecule has 1 aromatic rings. The molecule has 0 aliphatic rings. The Bertz CT molecular complexity index is 482. The molecule has 4 nitrogen and oxygen atoms in total. The Hall–Kier alpha value is -1.45. The van der Waals surface area contributed by atoms with Gasteiger partial charge in [0.2, 0.25) is 17.1 Å². The van der Waals surface area contributed by atoms with Crippen molar-refractivity contribution in [2.24, 2.45) is 0 Å². The Kier molecular flexibility index (Phi) is 10.3. The summed E-state index contributed by atoms with van der Waals surface area (Å²) in [5.41, 5.74) is -0.534. The van der Waals surface area contributed by atoms with Crippen LogP contribution < -0.4 is 5.43 Å². The second kappa shape index (κ2) is 12.0. The summed E-state index contributed by atoms with van der Waals surface area (Å²) in [5, 5.41) is 19.1. The molecule has 0 atom stereocenters. The molecule has 0 unspecified atom stereocenters. The van der Waals surface area contributed by atoms with Gasteiger partial charge in [-0.2, -0.15) is 0 Å². The molecular formula is C19H33NO3. The van der Waals surface area contributed by atoms with E-state index in [9.17, 15) is 15.0 Å². The maximum absolute atomic E-state index is 11.1. The molecule has 0 amide bonds. The molecule has 1 rings (SSSR count). The van der Waals surface area contributed by atoms with Gasteiger partial charge in [0.15, 0.2) is 0 Å². The Morgan fingerprint density at radius 2 is 1.30 bits per heavy atom. The molecule has 0 radical (unpaired) electrons. The van der Waals surface area contributed by atoms with Gasteiger partial charge >= 0.3 is 0 Å². The first-order valence-electron chi connectivity index (χ1n) is 9.28. The summed E-state index contributed by atoms with van der Waals surface area (Å²) in [4.78, 5) is 11.1. The highest BCUT2D eigenvalue weighted by Gasteiger charge is 2.07. The third-order valence-corrected chi connectivity index (χ3v) is 4.38. The second-order valence-corrected chi connectivity index (χ2v) is 6.43. The van der Waals surface area contributed by atoms with Crippen molar-refractivity contribution in [2.45, 2.75) is 90.5 Å². The van der Waals surface area contributed by atoms with Crippen LogP contribution in [0, 0.1) is 0 Å². The molecule has 1 heterocycles.